The van der Waals surface area contributed by atoms with Gasteiger partial charge in [0, 0.05) is 5.69 Å². The molecule has 0 saturated heterocycles. The fraction of sp³-hybridized carbons (Fsp3) is 0. The van der Waals surface area contributed by atoms with Crippen LogP contribution in [0.1, 0.15) is 0 Å². The van der Waals surface area contributed by atoms with Gasteiger partial charge in [-0.1, -0.05) is 11.6 Å². The minimum Gasteiger partial charge on any atom is -0.505 e. The van der Waals surface area contributed by atoms with Gasteiger partial charge < -0.3 is 16.2 Å². The lowest BCUT2D eigenvalue weighted by Gasteiger charge is -2.14. The van der Waals surface area contributed by atoms with Crippen LogP contribution < -0.4 is 11.1 Å². The number of azo groups is 2. The van der Waals surface area contributed by atoms with Crippen molar-refractivity contribution in [2.24, 2.45) is 20.5 Å². The van der Waals surface area contributed by atoms with Crippen molar-refractivity contribution in [1.82, 2.24) is 9.97 Å². The molecular formula is C26H17ClF2N8O16S5. The topological polar surface area (TPSA) is 405 Å². The molecule has 24 nitrogen and oxygen atoms in total. The number of phenols is 1. The van der Waals surface area contributed by atoms with Gasteiger partial charge in [-0.05, 0) is 53.9 Å². The number of aromatic hydroxyl groups is 1. The van der Waals surface area contributed by atoms with Gasteiger partial charge in [-0.2, -0.15) is 60.8 Å². The molecule has 1 heterocycles. The van der Waals surface area contributed by atoms with E-state index in [-0.39, 0.29) is 5.69 Å². The molecule has 5 rings (SSSR count). The van der Waals surface area contributed by atoms with E-state index in [2.05, 4.69) is 35.7 Å². The van der Waals surface area contributed by atoms with Gasteiger partial charge >= 0.3 is 6.08 Å². The summed E-state index contributed by atoms with van der Waals surface area (Å²) in [6.07, 6.45) is -1.59. The number of hydrogen-bond acceptors (Lipinski definition) is 19. The molecular weight excluding hydrogens is 914 g/mol. The number of hydrogen-bond donors (Lipinski definition) is 8. The zero-order valence-electron chi connectivity index (χ0n) is 27.3. The third kappa shape index (κ3) is 9.12. The summed E-state index contributed by atoms with van der Waals surface area (Å²) in [6.45, 7) is 0. The van der Waals surface area contributed by atoms with E-state index in [9.17, 15) is 78.7 Å². The number of halogens is 3. The second-order valence-electron chi connectivity index (χ2n) is 11.0. The van der Waals surface area contributed by atoms with Crippen molar-refractivity contribution in [2.75, 3.05) is 11.1 Å². The van der Waals surface area contributed by atoms with E-state index in [1.807, 2.05) is 0 Å². The lowest BCUT2D eigenvalue weighted by Crippen LogP contribution is -2.04. The highest BCUT2D eigenvalue weighted by molar-refractivity contribution is 7.87. The molecule has 0 aliphatic carbocycles. The summed E-state index contributed by atoms with van der Waals surface area (Å²) in [5.74, 6) is -3.65. The Morgan fingerprint density at radius 3 is 1.62 bits per heavy atom. The number of anilines is 3. The molecule has 0 bridgehead atoms. The van der Waals surface area contributed by atoms with Crippen LogP contribution in [0.5, 0.6) is 5.75 Å². The predicted octanol–water partition coefficient (Wildman–Crippen LogP) is 4.66. The summed E-state index contributed by atoms with van der Waals surface area (Å²) in [6, 6.07) is 4.41. The minimum atomic E-state index is -5.55. The first kappa shape index (κ1) is 43.6. The Morgan fingerprint density at radius 2 is 1.10 bits per heavy atom. The van der Waals surface area contributed by atoms with Gasteiger partial charge in [-0.25, -0.2) is 0 Å². The average molecular weight is 931 g/mol. The average Bonchev–Trinajstić information content (AvgIpc) is 3.07. The van der Waals surface area contributed by atoms with E-state index in [1.54, 1.807) is 0 Å². The summed E-state index contributed by atoms with van der Waals surface area (Å²) < 4.78 is 198. The molecule has 5 aromatic rings. The normalized spacial score (nSPS) is 13.2. The highest BCUT2D eigenvalue weighted by Crippen LogP contribution is 2.49. The van der Waals surface area contributed by atoms with Crippen molar-refractivity contribution in [1.29, 1.82) is 0 Å². The number of nitrogen functional groups attached to an aromatic ring is 1. The summed E-state index contributed by atoms with van der Waals surface area (Å²) in [4.78, 5) is 0.0105. The number of nitrogens with two attached hydrogens (primary N) is 1. The molecule has 0 spiro atoms. The monoisotopic (exact) mass is 930 g/mol. The van der Waals surface area contributed by atoms with Crippen LogP contribution in [0.4, 0.5) is 48.7 Å². The first-order chi connectivity index (χ1) is 26.5. The van der Waals surface area contributed by atoms with Crippen molar-refractivity contribution >= 4 is 113 Å². The van der Waals surface area contributed by atoms with Gasteiger partial charge in [0.05, 0.1) is 16.0 Å². The predicted molar refractivity (Wildman–Crippen MR) is 191 cm³/mol. The molecule has 9 N–H and O–H groups in total. The Kier molecular flexibility index (Phi) is 11.3. The highest BCUT2D eigenvalue weighted by atomic mass is 35.5. The first-order valence-corrected chi connectivity index (χ1v) is 21.8. The summed E-state index contributed by atoms with van der Waals surface area (Å²) in [5, 5.41) is 25.0. The first-order valence-electron chi connectivity index (χ1n) is 14.2. The Hall–Kier alpha value is -5.48. The van der Waals surface area contributed by atoms with E-state index < -0.39 is 143 Å². The Labute approximate surface area is 327 Å². The standard InChI is InChI=1S/C26H17ClF2N8O16S5/c27-19-24(28)32-26(29)33-25(19)31-10-1-3-14(55(42,43)44)12(7-10)34-36-21-16(57(48,49)50)5-9-6-17(58(51,52)53)22(23(38)18(9)20(21)30)37-35-13-8-11(54(39,40)41)2-4-15(13)56(45,46)47/h1-8,38H,30H2,(H,31,32,33)(H,39,40,41)(H,42,43,44)(H,45,46,47)(H,48,49,50)(H,51,52,53). The molecule has 32 heteroatoms. The van der Waals surface area contributed by atoms with Gasteiger partial charge in [0.15, 0.2) is 11.6 Å². The Bertz CT molecular complexity index is 3250. The van der Waals surface area contributed by atoms with Gasteiger partial charge in [0.2, 0.25) is 5.95 Å². The van der Waals surface area contributed by atoms with E-state index in [4.69, 9.17) is 17.3 Å². The van der Waals surface area contributed by atoms with Crippen LogP contribution >= 0.6 is 11.6 Å². The van der Waals surface area contributed by atoms with Crippen LogP contribution in [0.15, 0.2) is 93.5 Å². The zero-order valence-corrected chi connectivity index (χ0v) is 32.2. The largest absolute Gasteiger partial charge is 0.505 e. The third-order valence-corrected chi connectivity index (χ3v) is 11.9. The highest BCUT2D eigenvalue weighted by Gasteiger charge is 2.29. The molecule has 58 heavy (non-hydrogen) atoms. The molecule has 0 radical (unpaired) electrons. The fourth-order valence-electron chi connectivity index (χ4n) is 4.77. The van der Waals surface area contributed by atoms with Crippen LogP contribution in [0.2, 0.25) is 5.02 Å². The third-order valence-electron chi connectivity index (χ3n) is 7.17. The zero-order chi connectivity index (χ0) is 43.5. The van der Waals surface area contributed by atoms with Crippen LogP contribution in [0.3, 0.4) is 0 Å². The molecule has 0 saturated carbocycles. The van der Waals surface area contributed by atoms with Crippen LogP contribution in [0, 0.1) is 12.0 Å². The van der Waals surface area contributed by atoms with Crippen LogP contribution in [-0.2, 0) is 50.6 Å². The lowest BCUT2D eigenvalue weighted by molar-refractivity contribution is 0.472. The molecule has 4 aromatic carbocycles. The van der Waals surface area contributed by atoms with Crippen molar-refractivity contribution in [2.45, 2.75) is 24.5 Å². The van der Waals surface area contributed by atoms with Gasteiger partial charge in [-0.15, -0.1) is 20.5 Å². The van der Waals surface area contributed by atoms with Gasteiger partial charge in [0.25, 0.3) is 50.6 Å². The van der Waals surface area contributed by atoms with Gasteiger partial charge in [0.1, 0.15) is 47.4 Å². The maximum atomic E-state index is 13.9. The van der Waals surface area contributed by atoms with Crippen molar-refractivity contribution < 1.29 is 78.7 Å². The number of nitrogens with one attached hydrogen (secondary N) is 1. The van der Waals surface area contributed by atoms with E-state index >= 15 is 0 Å². The second-order valence-corrected chi connectivity index (χ2v) is 18.3. The Balaban J connectivity index is 1.78. The maximum absolute atomic E-state index is 13.9. The van der Waals surface area contributed by atoms with Crippen molar-refractivity contribution in [3.63, 3.8) is 0 Å². The molecule has 0 atom stereocenters. The molecule has 0 amide bonds. The number of benzene rings is 4. The lowest BCUT2D eigenvalue weighted by atomic mass is 10.1. The number of fused-ring (bicyclic) bond motifs is 1. The van der Waals surface area contributed by atoms with E-state index in [0.29, 0.717) is 36.4 Å². The van der Waals surface area contributed by atoms with E-state index in [0.717, 1.165) is 12.1 Å². The quantitative estimate of drug-likeness (QED) is 0.0293. The molecule has 0 aliphatic heterocycles. The molecule has 0 aliphatic rings. The number of nitrogens with zero attached hydrogens (tertiary/aromatic N) is 6. The van der Waals surface area contributed by atoms with E-state index in [1.165, 1.54) is 0 Å². The molecule has 0 fully saturated rings. The molecule has 0 unspecified atom stereocenters. The summed E-state index contributed by atoms with van der Waals surface area (Å²) in [7, 11) is -26.6. The van der Waals surface area contributed by atoms with Crippen LogP contribution in [0.25, 0.3) is 10.8 Å². The number of rotatable bonds is 11. The smallest absolute Gasteiger partial charge is 0.313 e. The fourth-order valence-corrected chi connectivity index (χ4v) is 7.94. The van der Waals surface area contributed by atoms with Crippen LogP contribution in [-0.4, -0.2) is 79.9 Å². The van der Waals surface area contributed by atoms with Crippen molar-refractivity contribution in [3.05, 3.63) is 65.6 Å². The minimum absolute atomic E-state index is 0.313. The second kappa shape index (κ2) is 15.0. The maximum Gasteiger partial charge on any atom is 0.313 e. The van der Waals surface area contributed by atoms with Crippen molar-refractivity contribution in [3.8, 4) is 5.75 Å². The number of phenolic OH excluding ortho intramolecular Hbond substituents is 1. The molecule has 308 valence electrons. The van der Waals surface area contributed by atoms with Gasteiger partial charge in [-0.3, -0.25) is 22.8 Å². The molecule has 1 aromatic heterocycles. The summed E-state index contributed by atoms with van der Waals surface area (Å²) >= 11 is 5.74. The Morgan fingerprint density at radius 1 is 0.621 bits per heavy atom. The SMILES string of the molecule is Nc1c(N=Nc2cc(Nc3nc(F)nc(F)c3Cl)ccc2S(=O)(=O)O)c(S(=O)(=O)O)cc2cc(S(=O)(=O)O)c(N=Nc3cc(S(=O)(=O)O)ccc3S(=O)(=O)O)c(O)c12. The number of aromatic nitrogens is 2. The summed E-state index contributed by atoms with van der Waals surface area (Å²) in [5.41, 5.74) is 0.282.